The lowest BCUT2D eigenvalue weighted by atomic mass is 9.58. The molecule has 0 heterocycles. The van der Waals surface area contributed by atoms with Crippen LogP contribution in [0.25, 0.3) is 0 Å². The molecule has 0 aromatic rings. The monoisotopic (exact) mass is 172 g/mol. The summed E-state index contributed by atoms with van der Waals surface area (Å²) in [4.78, 5) is 11.1. The fraction of sp³-hybridized carbons (Fsp3) is 0.889. The summed E-state index contributed by atoms with van der Waals surface area (Å²) < 4.78 is 5.17. The minimum absolute atomic E-state index is 0.00632. The van der Waals surface area contributed by atoms with E-state index < -0.39 is 5.60 Å². The van der Waals surface area contributed by atoms with Crippen LogP contribution in [0.1, 0.15) is 26.7 Å². The van der Waals surface area contributed by atoms with E-state index in [0.717, 1.165) is 0 Å². The molecule has 0 aromatic carbocycles. The van der Waals surface area contributed by atoms with Crippen LogP contribution >= 0.6 is 0 Å². The van der Waals surface area contributed by atoms with E-state index in [1.54, 1.807) is 14.0 Å². The van der Waals surface area contributed by atoms with Gasteiger partial charge >= 0.3 is 0 Å². The van der Waals surface area contributed by atoms with Gasteiger partial charge in [0.2, 0.25) is 0 Å². The molecule has 1 fully saturated rings. The lowest BCUT2D eigenvalue weighted by Gasteiger charge is -2.51. The summed E-state index contributed by atoms with van der Waals surface area (Å²) in [5, 5.41) is 9.01. The summed E-state index contributed by atoms with van der Waals surface area (Å²) in [6, 6.07) is 0. The highest BCUT2D eigenvalue weighted by molar-refractivity contribution is 5.83. The lowest BCUT2D eigenvalue weighted by Crippen LogP contribution is -2.56. The number of carbonyl (C=O) groups excluding carboxylic acids is 1. The highest BCUT2D eigenvalue weighted by Gasteiger charge is 2.54. The van der Waals surface area contributed by atoms with Crippen molar-refractivity contribution in [3.63, 3.8) is 0 Å². The quantitative estimate of drug-likeness (QED) is 0.683. The number of methoxy groups -OCH3 is 1. The number of ether oxygens (including phenoxy) is 1. The van der Waals surface area contributed by atoms with E-state index in [0.29, 0.717) is 12.8 Å². The van der Waals surface area contributed by atoms with Gasteiger partial charge in [-0.2, -0.15) is 0 Å². The maximum atomic E-state index is 11.1. The van der Waals surface area contributed by atoms with E-state index in [4.69, 9.17) is 9.84 Å². The van der Waals surface area contributed by atoms with Gasteiger partial charge < -0.3 is 9.84 Å². The molecule has 0 aliphatic heterocycles. The van der Waals surface area contributed by atoms with Gasteiger partial charge in [0.05, 0.1) is 12.2 Å². The molecule has 0 atom stereocenters. The van der Waals surface area contributed by atoms with Crippen LogP contribution in [0.3, 0.4) is 0 Å². The number of aliphatic hydroxyl groups is 1. The minimum atomic E-state index is -0.444. The van der Waals surface area contributed by atoms with E-state index >= 15 is 0 Å². The van der Waals surface area contributed by atoms with Crippen LogP contribution in [0, 0.1) is 5.41 Å². The molecule has 0 radical (unpaired) electrons. The third kappa shape index (κ3) is 1.27. The van der Waals surface area contributed by atoms with Gasteiger partial charge in [-0.1, -0.05) is 6.92 Å². The van der Waals surface area contributed by atoms with Gasteiger partial charge in [0.1, 0.15) is 5.78 Å². The second kappa shape index (κ2) is 2.82. The van der Waals surface area contributed by atoms with E-state index in [-0.39, 0.29) is 17.8 Å². The molecule has 0 bridgehead atoms. The summed E-state index contributed by atoms with van der Waals surface area (Å²) >= 11 is 0. The second-order valence-corrected chi connectivity index (χ2v) is 4.02. The van der Waals surface area contributed by atoms with Crippen molar-refractivity contribution in [1.82, 2.24) is 0 Å². The molecule has 0 unspecified atom stereocenters. The maximum Gasteiger partial charge on any atom is 0.135 e. The number of Topliss-reactive ketones (excluding diaryl/α,β-unsaturated/α-hetero) is 1. The molecule has 3 heteroatoms. The van der Waals surface area contributed by atoms with Crippen molar-refractivity contribution in [2.75, 3.05) is 13.7 Å². The summed E-state index contributed by atoms with van der Waals surface area (Å²) in [6.45, 7) is 3.52. The Morgan fingerprint density at radius 1 is 1.58 bits per heavy atom. The standard InChI is InChI=1S/C9H16O3/c1-7(11)8(2)4-9(5-8,6-10)12-3/h10H,4-6H2,1-3H3. The summed E-state index contributed by atoms with van der Waals surface area (Å²) in [5.74, 6) is 0.184. The molecule has 12 heavy (non-hydrogen) atoms. The predicted molar refractivity (Wildman–Crippen MR) is 44.8 cm³/mol. The predicted octanol–water partition coefficient (Wildman–Crippen LogP) is 0.753. The molecule has 0 amide bonds. The Balaban J connectivity index is 2.60. The number of rotatable bonds is 3. The molecule has 0 saturated heterocycles. The first-order valence-electron chi connectivity index (χ1n) is 4.15. The van der Waals surface area contributed by atoms with Crippen LogP contribution < -0.4 is 0 Å². The van der Waals surface area contributed by atoms with Gasteiger partial charge in [-0.05, 0) is 19.8 Å². The van der Waals surface area contributed by atoms with Crippen molar-refractivity contribution < 1.29 is 14.6 Å². The average Bonchev–Trinajstić information content (AvgIpc) is 1.98. The van der Waals surface area contributed by atoms with Crippen LogP contribution in [-0.4, -0.2) is 30.2 Å². The van der Waals surface area contributed by atoms with Crippen molar-refractivity contribution in [2.24, 2.45) is 5.41 Å². The molecule has 1 N–H and O–H groups in total. The average molecular weight is 172 g/mol. The van der Waals surface area contributed by atoms with Gasteiger partial charge in [-0.15, -0.1) is 0 Å². The Bertz CT molecular complexity index is 186. The zero-order valence-electron chi connectivity index (χ0n) is 7.89. The number of aliphatic hydroxyl groups excluding tert-OH is 1. The Hall–Kier alpha value is -0.410. The largest absolute Gasteiger partial charge is 0.393 e. The highest BCUT2D eigenvalue weighted by atomic mass is 16.5. The van der Waals surface area contributed by atoms with Gasteiger partial charge in [-0.25, -0.2) is 0 Å². The van der Waals surface area contributed by atoms with Crippen LogP contribution in [0.15, 0.2) is 0 Å². The van der Waals surface area contributed by atoms with Crippen molar-refractivity contribution in [3.8, 4) is 0 Å². The van der Waals surface area contributed by atoms with Gasteiger partial charge in [-0.3, -0.25) is 4.79 Å². The molecule has 3 nitrogen and oxygen atoms in total. The molecule has 1 saturated carbocycles. The Kier molecular flexibility index (Phi) is 2.27. The van der Waals surface area contributed by atoms with Crippen LogP contribution in [-0.2, 0) is 9.53 Å². The van der Waals surface area contributed by atoms with E-state index in [9.17, 15) is 4.79 Å². The number of carbonyl (C=O) groups is 1. The summed E-state index contributed by atoms with van der Waals surface area (Å²) in [7, 11) is 1.58. The lowest BCUT2D eigenvalue weighted by molar-refractivity contribution is -0.177. The van der Waals surface area contributed by atoms with E-state index in [1.165, 1.54) is 0 Å². The van der Waals surface area contributed by atoms with Crippen LogP contribution in [0.2, 0.25) is 0 Å². The van der Waals surface area contributed by atoms with Crippen molar-refractivity contribution in [3.05, 3.63) is 0 Å². The fourth-order valence-corrected chi connectivity index (χ4v) is 1.94. The van der Waals surface area contributed by atoms with Gasteiger partial charge in [0.25, 0.3) is 0 Å². The second-order valence-electron chi connectivity index (χ2n) is 4.02. The molecule has 1 rings (SSSR count). The number of ketones is 1. The molecular weight excluding hydrogens is 156 g/mol. The molecule has 0 aromatic heterocycles. The summed E-state index contributed by atoms with van der Waals surface area (Å²) in [5.41, 5.74) is -0.709. The number of hydrogen-bond donors (Lipinski definition) is 1. The molecular formula is C9H16O3. The van der Waals surface area contributed by atoms with Crippen molar-refractivity contribution >= 4 is 5.78 Å². The third-order valence-corrected chi connectivity index (χ3v) is 3.00. The van der Waals surface area contributed by atoms with E-state index in [2.05, 4.69) is 0 Å². The Labute approximate surface area is 72.7 Å². The normalized spacial score (nSPS) is 40.7. The SMILES string of the molecule is COC1(CO)CC(C)(C(C)=O)C1. The highest BCUT2D eigenvalue weighted by Crippen LogP contribution is 2.50. The zero-order chi connectivity index (χ0) is 9.41. The first-order valence-corrected chi connectivity index (χ1v) is 4.15. The first kappa shape index (κ1) is 9.68. The van der Waals surface area contributed by atoms with Crippen molar-refractivity contribution in [2.45, 2.75) is 32.3 Å². The Morgan fingerprint density at radius 2 is 2.08 bits per heavy atom. The van der Waals surface area contributed by atoms with Gasteiger partial charge in [0.15, 0.2) is 0 Å². The molecule has 1 aliphatic carbocycles. The zero-order valence-corrected chi connectivity index (χ0v) is 7.89. The summed E-state index contributed by atoms with van der Waals surface area (Å²) in [6.07, 6.45) is 1.28. The molecule has 70 valence electrons. The van der Waals surface area contributed by atoms with E-state index in [1.807, 2.05) is 6.92 Å². The fourth-order valence-electron chi connectivity index (χ4n) is 1.94. The smallest absolute Gasteiger partial charge is 0.135 e. The van der Waals surface area contributed by atoms with Crippen LogP contribution in [0.4, 0.5) is 0 Å². The molecule has 1 aliphatic rings. The third-order valence-electron chi connectivity index (χ3n) is 3.00. The first-order chi connectivity index (χ1) is 5.48. The topological polar surface area (TPSA) is 46.5 Å². The van der Waals surface area contributed by atoms with Crippen molar-refractivity contribution in [1.29, 1.82) is 0 Å². The molecule has 0 spiro atoms. The maximum absolute atomic E-state index is 11.1. The minimum Gasteiger partial charge on any atom is -0.393 e. The Morgan fingerprint density at radius 3 is 2.33 bits per heavy atom. The van der Waals surface area contributed by atoms with Gasteiger partial charge in [0, 0.05) is 12.5 Å². The van der Waals surface area contributed by atoms with Crippen LogP contribution in [0.5, 0.6) is 0 Å². The number of hydrogen-bond acceptors (Lipinski definition) is 3.